The molecule has 35 heavy (non-hydrogen) atoms. The topological polar surface area (TPSA) is 65.4 Å². The summed E-state index contributed by atoms with van der Waals surface area (Å²) in [6, 6.07) is 7.71. The third-order valence-electron chi connectivity index (χ3n) is 5.86. The molecule has 0 saturated heterocycles. The molecule has 1 saturated carbocycles. The van der Waals surface area contributed by atoms with Crippen molar-refractivity contribution in [1.29, 1.82) is 0 Å². The number of aromatic nitrogens is 2. The van der Waals surface area contributed by atoms with Crippen LogP contribution in [0.25, 0.3) is 5.69 Å². The minimum Gasteiger partial charge on any atom is -0.448 e. The number of carbonyl (C=O) groups excluding carboxylic acids is 1. The Labute approximate surface area is 194 Å². The summed E-state index contributed by atoms with van der Waals surface area (Å²) < 4.78 is 92.9. The van der Waals surface area contributed by atoms with E-state index in [4.69, 9.17) is 9.47 Å². The van der Waals surface area contributed by atoms with Crippen LogP contribution < -0.4 is 14.8 Å². The van der Waals surface area contributed by atoms with Crippen LogP contribution in [0.15, 0.2) is 48.7 Å². The standard InChI is InChI=1S/C23H17F6N3O3/c24-22(25,26)13-4-3-5-15(10-13)32-19(23(27,28)29)16(12-30-32)20(33)31-14-6-7-17-18(11-14)35-21(34-17)8-1-2-9-21/h3-7,10-12H,1-2,8-9H2,(H,31,33). The molecular formula is C23H17F6N3O3. The van der Waals surface area contributed by atoms with Crippen molar-refractivity contribution >= 4 is 11.6 Å². The van der Waals surface area contributed by atoms with Crippen molar-refractivity contribution in [1.82, 2.24) is 9.78 Å². The zero-order chi connectivity index (χ0) is 25.0. The fourth-order valence-electron chi connectivity index (χ4n) is 4.28. The molecule has 5 rings (SSSR count). The van der Waals surface area contributed by atoms with Gasteiger partial charge in [0.05, 0.1) is 23.0 Å². The lowest BCUT2D eigenvalue weighted by Gasteiger charge is -2.21. The number of halogens is 6. The predicted molar refractivity (Wildman–Crippen MR) is 110 cm³/mol. The summed E-state index contributed by atoms with van der Waals surface area (Å²) in [5, 5.41) is 5.94. The summed E-state index contributed by atoms with van der Waals surface area (Å²) in [6.45, 7) is 0. The van der Waals surface area contributed by atoms with E-state index in [1.165, 1.54) is 12.1 Å². The molecule has 1 N–H and O–H groups in total. The monoisotopic (exact) mass is 497 g/mol. The lowest BCUT2D eigenvalue weighted by atomic mass is 10.1. The number of hydrogen-bond donors (Lipinski definition) is 1. The van der Waals surface area contributed by atoms with Crippen molar-refractivity contribution in [3.63, 3.8) is 0 Å². The number of amides is 1. The van der Waals surface area contributed by atoms with Crippen LogP contribution in [0.4, 0.5) is 32.0 Å². The number of benzene rings is 2. The fraction of sp³-hybridized carbons (Fsp3) is 0.304. The molecule has 0 atom stereocenters. The summed E-state index contributed by atoms with van der Waals surface area (Å²) in [7, 11) is 0. The summed E-state index contributed by atoms with van der Waals surface area (Å²) in [4.78, 5) is 12.8. The summed E-state index contributed by atoms with van der Waals surface area (Å²) in [6.07, 6.45) is -5.90. The van der Waals surface area contributed by atoms with Crippen LogP contribution in [0.2, 0.25) is 0 Å². The molecule has 1 aromatic heterocycles. The van der Waals surface area contributed by atoms with Crippen molar-refractivity contribution < 1.29 is 40.6 Å². The zero-order valence-electron chi connectivity index (χ0n) is 17.8. The highest BCUT2D eigenvalue weighted by Gasteiger charge is 2.44. The maximum Gasteiger partial charge on any atom is 0.434 e. The summed E-state index contributed by atoms with van der Waals surface area (Å²) in [5.41, 5.74) is -3.83. The average Bonchev–Trinajstić information content (AvgIpc) is 3.50. The van der Waals surface area contributed by atoms with Gasteiger partial charge in [0.1, 0.15) is 0 Å². The Morgan fingerprint density at radius 2 is 1.66 bits per heavy atom. The second-order valence-corrected chi connectivity index (χ2v) is 8.30. The highest BCUT2D eigenvalue weighted by molar-refractivity contribution is 6.05. The van der Waals surface area contributed by atoms with Gasteiger partial charge in [-0.2, -0.15) is 31.4 Å². The van der Waals surface area contributed by atoms with Crippen LogP contribution in [0, 0.1) is 0 Å². The number of alkyl halides is 6. The van der Waals surface area contributed by atoms with E-state index in [0.29, 0.717) is 36.6 Å². The maximum absolute atomic E-state index is 13.9. The van der Waals surface area contributed by atoms with Crippen LogP contribution in [-0.2, 0) is 12.4 Å². The number of anilines is 1. The first kappa shape index (κ1) is 23.1. The van der Waals surface area contributed by atoms with Crippen LogP contribution in [-0.4, -0.2) is 21.5 Å². The minimum absolute atomic E-state index is 0.160. The lowest BCUT2D eigenvalue weighted by Crippen LogP contribution is -2.34. The summed E-state index contributed by atoms with van der Waals surface area (Å²) in [5.74, 6) is -1.05. The number of fused-ring (bicyclic) bond motifs is 1. The molecule has 12 heteroatoms. The highest BCUT2D eigenvalue weighted by atomic mass is 19.4. The van der Waals surface area contributed by atoms with Crippen LogP contribution in [0.5, 0.6) is 11.5 Å². The Morgan fingerprint density at radius 3 is 2.34 bits per heavy atom. The molecule has 184 valence electrons. The van der Waals surface area contributed by atoms with E-state index in [9.17, 15) is 31.1 Å². The first-order valence-corrected chi connectivity index (χ1v) is 10.6. The normalized spacial score (nSPS) is 16.6. The van der Waals surface area contributed by atoms with E-state index in [-0.39, 0.29) is 10.4 Å². The third-order valence-corrected chi connectivity index (χ3v) is 5.86. The van der Waals surface area contributed by atoms with Gasteiger partial charge in [0.25, 0.3) is 11.7 Å². The van der Waals surface area contributed by atoms with E-state index in [1.54, 1.807) is 6.07 Å². The van der Waals surface area contributed by atoms with Gasteiger partial charge in [-0.1, -0.05) is 6.07 Å². The average molecular weight is 497 g/mol. The maximum atomic E-state index is 13.9. The van der Waals surface area contributed by atoms with Gasteiger partial charge in [-0.15, -0.1) is 0 Å². The first-order chi connectivity index (χ1) is 16.5. The van der Waals surface area contributed by atoms with Gasteiger partial charge < -0.3 is 14.8 Å². The smallest absolute Gasteiger partial charge is 0.434 e. The number of nitrogens with one attached hydrogen (secondary N) is 1. The molecule has 0 unspecified atom stereocenters. The van der Waals surface area contributed by atoms with E-state index in [2.05, 4.69) is 10.4 Å². The zero-order valence-corrected chi connectivity index (χ0v) is 17.8. The van der Waals surface area contributed by atoms with Crippen LogP contribution in [0.3, 0.4) is 0 Å². The molecule has 1 fully saturated rings. The Bertz CT molecular complexity index is 1290. The Hall–Kier alpha value is -3.70. The van der Waals surface area contributed by atoms with E-state index in [0.717, 1.165) is 31.0 Å². The molecule has 1 aliphatic heterocycles. The molecule has 2 heterocycles. The van der Waals surface area contributed by atoms with Gasteiger partial charge in [-0.25, -0.2) is 4.68 Å². The van der Waals surface area contributed by atoms with E-state index < -0.39 is 46.6 Å². The van der Waals surface area contributed by atoms with Crippen molar-refractivity contribution in [3.05, 3.63) is 65.5 Å². The Balaban J connectivity index is 1.44. The minimum atomic E-state index is -5.08. The number of rotatable bonds is 3. The van der Waals surface area contributed by atoms with Crippen LogP contribution in [0.1, 0.15) is 47.3 Å². The molecular weight excluding hydrogens is 480 g/mol. The molecule has 2 aromatic carbocycles. The van der Waals surface area contributed by atoms with E-state index >= 15 is 0 Å². The Morgan fingerprint density at radius 1 is 0.943 bits per heavy atom. The Kier molecular flexibility index (Phi) is 5.22. The van der Waals surface area contributed by atoms with Gasteiger partial charge in [0.2, 0.25) is 0 Å². The van der Waals surface area contributed by atoms with E-state index in [1.807, 2.05) is 0 Å². The fourth-order valence-corrected chi connectivity index (χ4v) is 4.28. The quantitative estimate of drug-likeness (QED) is 0.438. The van der Waals surface area contributed by atoms with Crippen molar-refractivity contribution in [2.24, 2.45) is 0 Å². The molecule has 0 radical (unpaired) electrons. The molecule has 1 amide bonds. The van der Waals surface area contributed by atoms with Crippen LogP contribution >= 0.6 is 0 Å². The molecule has 1 aliphatic carbocycles. The molecule has 6 nitrogen and oxygen atoms in total. The van der Waals surface area contributed by atoms with Gasteiger partial charge in [0, 0.05) is 24.6 Å². The summed E-state index contributed by atoms with van der Waals surface area (Å²) >= 11 is 0. The van der Waals surface area contributed by atoms with Gasteiger partial charge >= 0.3 is 12.4 Å². The number of nitrogens with zero attached hydrogens (tertiary/aromatic N) is 2. The van der Waals surface area contributed by atoms with Crippen molar-refractivity contribution in [2.75, 3.05) is 5.32 Å². The second-order valence-electron chi connectivity index (χ2n) is 8.30. The van der Waals surface area contributed by atoms with Gasteiger partial charge in [-0.3, -0.25) is 4.79 Å². The van der Waals surface area contributed by atoms with Crippen molar-refractivity contribution in [3.8, 4) is 17.2 Å². The number of hydrogen-bond acceptors (Lipinski definition) is 4. The predicted octanol–water partition coefficient (Wildman–Crippen LogP) is 6.20. The molecule has 3 aromatic rings. The lowest BCUT2D eigenvalue weighted by molar-refractivity contribution is -0.143. The van der Waals surface area contributed by atoms with Crippen molar-refractivity contribution in [2.45, 2.75) is 43.8 Å². The molecule has 0 bridgehead atoms. The number of carbonyl (C=O) groups is 1. The van der Waals surface area contributed by atoms with Gasteiger partial charge in [0.15, 0.2) is 17.2 Å². The number of ether oxygens (including phenoxy) is 2. The molecule has 1 spiro atoms. The molecule has 2 aliphatic rings. The third kappa shape index (κ3) is 4.28. The second kappa shape index (κ2) is 7.92. The highest BCUT2D eigenvalue weighted by Crippen LogP contribution is 2.47. The SMILES string of the molecule is O=C(Nc1ccc2c(c1)OC1(CCCC1)O2)c1cnn(-c2cccc(C(F)(F)F)c2)c1C(F)(F)F. The largest absolute Gasteiger partial charge is 0.448 e. The first-order valence-electron chi connectivity index (χ1n) is 10.6. The van der Waals surface area contributed by atoms with Gasteiger partial charge in [-0.05, 0) is 43.2 Å².